The second kappa shape index (κ2) is 4.73. The van der Waals surface area contributed by atoms with E-state index < -0.39 is 0 Å². The van der Waals surface area contributed by atoms with E-state index in [1.165, 1.54) is 44.1 Å². The van der Waals surface area contributed by atoms with Crippen LogP contribution in [0.5, 0.6) is 0 Å². The fourth-order valence-corrected chi connectivity index (χ4v) is 2.88. The lowest BCUT2D eigenvalue weighted by Gasteiger charge is -2.26. The molecule has 18 heavy (non-hydrogen) atoms. The molecule has 0 amide bonds. The molecule has 2 heterocycles. The zero-order valence-corrected chi connectivity index (χ0v) is 10.8. The highest BCUT2D eigenvalue weighted by molar-refractivity contribution is 5.81. The molecule has 1 saturated heterocycles. The molecule has 1 fully saturated rings. The van der Waals surface area contributed by atoms with Crippen LogP contribution in [-0.4, -0.2) is 22.6 Å². The number of piperidine rings is 1. The van der Waals surface area contributed by atoms with Gasteiger partial charge in [0.1, 0.15) is 5.82 Å². The first-order valence-corrected chi connectivity index (χ1v) is 6.70. The van der Waals surface area contributed by atoms with Crippen LogP contribution in [0.2, 0.25) is 0 Å². The summed E-state index contributed by atoms with van der Waals surface area (Å²) < 4.78 is 15.4. The van der Waals surface area contributed by atoms with Gasteiger partial charge in [0.25, 0.3) is 0 Å². The Kier molecular flexibility index (Phi) is 3.08. The molecule has 0 unspecified atom stereocenters. The molecular formula is C15H19FN2. The van der Waals surface area contributed by atoms with E-state index in [-0.39, 0.29) is 5.82 Å². The van der Waals surface area contributed by atoms with E-state index in [1.807, 2.05) is 6.07 Å². The predicted molar refractivity (Wildman–Crippen MR) is 72.0 cm³/mol. The molecule has 1 aromatic carbocycles. The second-order valence-corrected chi connectivity index (χ2v) is 5.23. The zero-order chi connectivity index (χ0) is 12.5. The van der Waals surface area contributed by atoms with Crippen molar-refractivity contribution < 1.29 is 4.39 Å². The number of aryl methyl sites for hydroxylation is 1. The molecule has 2 nitrogen and oxygen atoms in total. The molecule has 0 atom stereocenters. The summed E-state index contributed by atoms with van der Waals surface area (Å²) in [5.41, 5.74) is 2.39. The number of fused-ring (bicyclic) bond motifs is 1. The highest BCUT2D eigenvalue weighted by atomic mass is 19.1. The predicted octanol–water partition coefficient (Wildman–Crippen LogP) is 3.30. The van der Waals surface area contributed by atoms with Crippen molar-refractivity contribution in [2.45, 2.75) is 25.8 Å². The van der Waals surface area contributed by atoms with Crippen molar-refractivity contribution in [3.05, 3.63) is 35.8 Å². The van der Waals surface area contributed by atoms with Gasteiger partial charge in [-0.1, -0.05) is 6.42 Å². The summed E-state index contributed by atoms with van der Waals surface area (Å²) in [6.45, 7) is 3.36. The van der Waals surface area contributed by atoms with Gasteiger partial charge in [0.2, 0.25) is 0 Å². The third-order valence-corrected chi connectivity index (χ3v) is 3.94. The summed E-state index contributed by atoms with van der Waals surface area (Å²) in [6, 6.07) is 7.14. The fraction of sp³-hybridized carbons (Fsp3) is 0.467. The summed E-state index contributed by atoms with van der Waals surface area (Å²) in [7, 11) is 2.07. The van der Waals surface area contributed by atoms with Crippen molar-refractivity contribution in [3.63, 3.8) is 0 Å². The van der Waals surface area contributed by atoms with Crippen LogP contribution in [0.15, 0.2) is 24.3 Å². The molecule has 2 aromatic rings. The molecule has 0 aliphatic carbocycles. The Bertz CT molecular complexity index is 553. The topological polar surface area (TPSA) is 8.17 Å². The number of likely N-dealkylation sites (tertiary alicyclic amines) is 1. The summed E-state index contributed by atoms with van der Waals surface area (Å²) in [5.74, 6) is -0.155. The van der Waals surface area contributed by atoms with Crippen LogP contribution in [0, 0.1) is 5.82 Å². The van der Waals surface area contributed by atoms with Crippen molar-refractivity contribution in [1.29, 1.82) is 0 Å². The maximum Gasteiger partial charge on any atom is 0.123 e. The van der Waals surface area contributed by atoms with E-state index in [9.17, 15) is 4.39 Å². The minimum Gasteiger partial charge on any atom is -0.346 e. The van der Waals surface area contributed by atoms with Gasteiger partial charge in [-0.3, -0.25) is 4.90 Å². The van der Waals surface area contributed by atoms with Gasteiger partial charge >= 0.3 is 0 Å². The van der Waals surface area contributed by atoms with Crippen LogP contribution < -0.4 is 0 Å². The van der Waals surface area contributed by atoms with E-state index in [2.05, 4.69) is 22.6 Å². The smallest absolute Gasteiger partial charge is 0.123 e. The molecule has 0 saturated carbocycles. The minimum absolute atomic E-state index is 0.155. The lowest BCUT2D eigenvalue weighted by molar-refractivity contribution is 0.217. The lowest BCUT2D eigenvalue weighted by Crippen LogP contribution is -2.29. The number of halogens is 1. The van der Waals surface area contributed by atoms with Crippen LogP contribution in [-0.2, 0) is 13.6 Å². The molecular weight excluding hydrogens is 227 g/mol. The maximum atomic E-state index is 13.2. The summed E-state index contributed by atoms with van der Waals surface area (Å²) >= 11 is 0. The van der Waals surface area contributed by atoms with E-state index in [4.69, 9.17) is 0 Å². The highest BCUT2D eigenvalue weighted by Crippen LogP contribution is 2.22. The first kappa shape index (κ1) is 11.7. The van der Waals surface area contributed by atoms with Crippen molar-refractivity contribution in [3.8, 4) is 0 Å². The summed E-state index contributed by atoms with van der Waals surface area (Å²) in [6.07, 6.45) is 3.97. The Labute approximate surface area is 107 Å². The number of benzene rings is 1. The maximum absolute atomic E-state index is 13.2. The van der Waals surface area contributed by atoms with Gasteiger partial charge in [-0.25, -0.2) is 4.39 Å². The standard InChI is InChI=1S/C15H19FN2/c1-17-14(11-18-7-3-2-4-8-18)10-12-9-13(16)5-6-15(12)17/h5-6,9-10H,2-4,7-8,11H2,1H3. The average Bonchev–Trinajstić information content (AvgIpc) is 2.67. The highest BCUT2D eigenvalue weighted by Gasteiger charge is 2.13. The molecule has 1 aliphatic heterocycles. The number of rotatable bonds is 2. The number of aromatic nitrogens is 1. The van der Waals surface area contributed by atoms with Gasteiger partial charge in [0.05, 0.1) is 0 Å². The summed E-state index contributed by atoms with van der Waals surface area (Å²) in [4.78, 5) is 2.49. The Hall–Kier alpha value is -1.35. The Morgan fingerprint density at radius 3 is 2.67 bits per heavy atom. The van der Waals surface area contributed by atoms with Gasteiger partial charge in [0.15, 0.2) is 0 Å². The van der Waals surface area contributed by atoms with Gasteiger partial charge in [-0.15, -0.1) is 0 Å². The van der Waals surface area contributed by atoms with E-state index in [1.54, 1.807) is 6.07 Å². The molecule has 1 aliphatic rings. The zero-order valence-electron chi connectivity index (χ0n) is 10.8. The van der Waals surface area contributed by atoms with Gasteiger partial charge in [-0.2, -0.15) is 0 Å². The summed E-state index contributed by atoms with van der Waals surface area (Å²) in [5, 5.41) is 1.00. The number of nitrogens with zero attached hydrogens (tertiary/aromatic N) is 2. The third kappa shape index (κ3) is 2.15. The quantitative estimate of drug-likeness (QED) is 0.789. The first-order valence-electron chi connectivity index (χ1n) is 6.70. The van der Waals surface area contributed by atoms with Crippen molar-refractivity contribution in [2.75, 3.05) is 13.1 Å². The van der Waals surface area contributed by atoms with E-state index >= 15 is 0 Å². The fourth-order valence-electron chi connectivity index (χ4n) is 2.88. The molecule has 3 rings (SSSR count). The van der Waals surface area contributed by atoms with E-state index in [0.29, 0.717) is 0 Å². The van der Waals surface area contributed by atoms with Crippen molar-refractivity contribution >= 4 is 10.9 Å². The molecule has 0 N–H and O–H groups in total. The van der Waals surface area contributed by atoms with Crippen molar-refractivity contribution in [1.82, 2.24) is 9.47 Å². The van der Waals surface area contributed by atoms with Crippen LogP contribution in [0.4, 0.5) is 4.39 Å². The van der Waals surface area contributed by atoms with Gasteiger partial charge in [-0.05, 0) is 50.2 Å². The SMILES string of the molecule is Cn1c(CN2CCCCC2)cc2cc(F)ccc21. The normalized spacial score (nSPS) is 17.4. The van der Waals surface area contributed by atoms with Gasteiger partial charge in [0, 0.05) is 30.2 Å². The lowest BCUT2D eigenvalue weighted by atomic mass is 10.1. The van der Waals surface area contributed by atoms with Crippen LogP contribution in [0.25, 0.3) is 10.9 Å². The monoisotopic (exact) mass is 246 g/mol. The van der Waals surface area contributed by atoms with Crippen LogP contribution in [0.1, 0.15) is 25.0 Å². The molecule has 0 bridgehead atoms. The number of hydrogen-bond acceptors (Lipinski definition) is 1. The molecule has 3 heteroatoms. The van der Waals surface area contributed by atoms with Crippen LogP contribution in [0.3, 0.4) is 0 Å². The molecule has 0 radical (unpaired) electrons. The third-order valence-electron chi connectivity index (χ3n) is 3.94. The largest absolute Gasteiger partial charge is 0.346 e. The average molecular weight is 246 g/mol. The van der Waals surface area contributed by atoms with Crippen LogP contribution >= 0.6 is 0 Å². The molecule has 96 valence electrons. The van der Waals surface area contributed by atoms with Crippen molar-refractivity contribution in [2.24, 2.45) is 7.05 Å². The molecule has 1 aromatic heterocycles. The Morgan fingerprint density at radius 2 is 1.89 bits per heavy atom. The number of hydrogen-bond donors (Lipinski definition) is 0. The molecule has 0 spiro atoms. The van der Waals surface area contributed by atoms with E-state index in [0.717, 1.165) is 17.4 Å². The minimum atomic E-state index is -0.155. The second-order valence-electron chi connectivity index (χ2n) is 5.23. The Balaban J connectivity index is 1.89. The first-order chi connectivity index (χ1) is 8.74. The Morgan fingerprint density at radius 1 is 1.11 bits per heavy atom. The van der Waals surface area contributed by atoms with Gasteiger partial charge < -0.3 is 4.57 Å².